The van der Waals surface area contributed by atoms with Crippen molar-refractivity contribution >= 4 is 32.7 Å². The molecule has 4 N–H and O–H groups in total. The van der Waals surface area contributed by atoms with Crippen LogP contribution in [0, 0.1) is 18.6 Å². The zero-order chi connectivity index (χ0) is 23.9. The summed E-state index contributed by atoms with van der Waals surface area (Å²) in [6, 6.07) is 4.87. The Kier molecular flexibility index (Phi) is 5.41. The molecule has 0 saturated carbocycles. The maximum Gasteiger partial charge on any atom is 0.264 e. The van der Waals surface area contributed by atoms with Gasteiger partial charge < -0.3 is 15.5 Å². The molecule has 0 radical (unpaired) electrons. The van der Waals surface area contributed by atoms with Crippen LogP contribution < -0.4 is 20.8 Å². The van der Waals surface area contributed by atoms with Crippen molar-refractivity contribution in [3.05, 3.63) is 64.2 Å². The first kappa shape index (κ1) is 22.1. The number of pyridine rings is 2. The van der Waals surface area contributed by atoms with E-state index in [1.54, 1.807) is 6.92 Å². The van der Waals surface area contributed by atoms with Crippen LogP contribution in [0.4, 0.5) is 20.4 Å². The zero-order valence-corrected chi connectivity index (χ0v) is 18.0. The second-order valence-electron chi connectivity index (χ2n) is 6.90. The third-order valence-electron chi connectivity index (χ3n) is 4.70. The van der Waals surface area contributed by atoms with E-state index in [1.807, 2.05) is 0 Å². The lowest BCUT2D eigenvalue weighted by Gasteiger charge is -2.13. The predicted octanol–water partition coefficient (Wildman–Crippen LogP) is 2.36. The van der Waals surface area contributed by atoms with E-state index in [9.17, 15) is 22.0 Å². The molecule has 3 aromatic heterocycles. The second kappa shape index (κ2) is 8.09. The van der Waals surface area contributed by atoms with E-state index in [0.717, 1.165) is 12.1 Å². The first-order chi connectivity index (χ1) is 15.6. The average molecular weight is 474 g/mol. The van der Waals surface area contributed by atoms with Crippen LogP contribution in [0.15, 0.2) is 46.2 Å². The molecule has 33 heavy (non-hydrogen) atoms. The lowest BCUT2D eigenvalue weighted by molar-refractivity contribution is 0.400. The van der Waals surface area contributed by atoms with Crippen LogP contribution in [0.2, 0.25) is 0 Å². The monoisotopic (exact) mass is 474 g/mol. The lowest BCUT2D eigenvalue weighted by atomic mass is 10.1. The minimum Gasteiger partial charge on any atom is -0.480 e. The van der Waals surface area contributed by atoms with E-state index < -0.39 is 32.1 Å². The van der Waals surface area contributed by atoms with Crippen LogP contribution in [0.3, 0.4) is 0 Å². The molecule has 0 atom stereocenters. The smallest absolute Gasteiger partial charge is 0.264 e. The number of nitrogens with one attached hydrogen (secondary N) is 2. The van der Waals surface area contributed by atoms with Gasteiger partial charge in [0.2, 0.25) is 11.8 Å². The summed E-state index contributed by atoms with van der Waals surface area (Å²) in [5.41, 5.74) is 6.05. The molecule has 4 rings (SSSR count). The number of sulfonamides is 1. The number of nitrogen functional groups attached to an aromatic ring is 1. The molecule has 3 heterocycles. The van der Waals surface area contributed by atoms with Gasteiger partial charge in [-0.2, -0.15) is 4.98 Å². The fraction of sp³-hybridized carbons (Fsp3) is 0.100. The Morgan fingerprint density at radius 1 is 1.15 bits per heavy atom. The van der Waals surface area contributed by atoms with E-state index in [1.165, 1.54) is 25.4 Å². The Balaban J connectivity index is 1.82. The van der Waals surface area contributed by atoms with E-state index in [-0.39, 0.29) is 34.3 Å². The normalized spacial score (nSPS) is 11.5. The van der Waals surface area contributed by atoms with Crippen LogP contribution >= 0.6 is 0 Å². The van der Waals surface area contributed by atoms with Gasteiger partial charge in [0, 0.05) is 28.8 Å². The molecule has 0 aliphatic carbocycles. The third-order valence-corrected chi connectivity index (χ3v) is 6.10. The number of nitrogens with two attached hydrogens (primary N) is 1. The van der Waals surface area contributed by atoms with Crippen LogP contribution in [0.25, 0.3) is 22.2 Å². The van der Waals surface area contributed by atoms with Gasteiger partial charge in [-0.3, -0.25) is 9.52 Å². The van der Waals surface area contributed by atoms with Crippen LogP contribution in [0.5, 0.6) is 5.88 Å². The molecule has 0 fully saturated rings. The summed E-state index contributed by atoms with van der Waals surface area (Å²) in [7, 11) is -3.22. The van der Waals surface area contributed by atoms with Crippen molar-refractivity contribution in [2.75, 3.05) is 17.6 Å². The summed E-state index contributed by atoms with van der Waals surface area (Å²) in [5, 5.41) is 0.519. The van der Waals surface area contributed by atoms with Gasteiger partial charge in [-0.25, -0.2) is 27.2 Å². The Bertz CT molecular complexity index is 1570. The van der Waals surface area contributed by atoms with Crippen molar-refractivity contribution in [2.24, 2.45) is 0 Å². The number of nitrogens with zero attached hydrogens (tertiary/aromatic N) is 3. The molecule has 170 valence electrons. The Labute approximate surface area is 185 Å². The van der Waals surface area contributed by atoms with Crippen LogP contribution in [-0.4, -0.2) is 35.5 Å². The highest BCUT2D eigenvalue weighted by molar-refractivity contribution is 7.92. The maximum absolute atomic E-state index is 14.1. The van der Waals surface area contributed by atoms with Gasteiger partial charge in [0.25, 0.3) is 15.6 Å². The van der Waals surface area contributed by atoms with Gasteiger partial charge in [-0.05, 0) is 31.2 Å². The van der Waals surface area contributed by atoms with Crippen molar-refractivity contribution in [3.8, 4) is 17.0 Å². The zero-order valence-electron chi connectivity index (χ0n) is 17.2. The van der Waals surface area contributed by atoms with E-state index >= 15 is 0 Å². The number of aromatic amines is 1. The van der Waals surface area contributed by atoms with E-state index in [0.29, 0.717) is 17.1 Å². The third kappa shape index (κ3) is 4.17. The van der Waals surface area contributed by atoms with Crippen molar-refractivity contribution in [2.45, 2.75) is 11.8 Å². The van der Waals surface area contributed by atoms with Gasteiger partial charge in [0.1, 0.15) is 27.9 Å². The minimum absolute atomic E-state index is 0.000711. The number of halogens is 2. The molecule has 0 saturated heterocycles. The number of anilines is 2. The molecule has 0 amide bonds. The molecule has 0 aliphatic rings. The maximum atomic E-state index is 14.1. The van der Waals surface area contributed by atoms with Crippen LogP contribution in [-0.2, 0) is 10.0 Å². The number of hydrogen-bond acceptors (Lipinski definition) is 8. The molecular weight excluding hydrogens is 458 g/mol. The number of aromatic nitrogens is 4. The molecule has 0 spiro atoms. The quantitative estimate of drug-likeness (QED) is 0.398. The first-order valence-electron chi connectivity index (χ1n) is 9.28. The fourth-order valence-corrected chi connectivity index (χ4v) is 4.31. The molecular formula is C20H16F2N6O4S. The van der Waals surface area contributed by atoms with E-state index in [2.05, 4.69) is 24.7 Å². The molecule has 0 unspecified atom stereocenters. The van der Waals surface area contributed by atoms with Crippen LogP contribution in [0.1, 0.15) is 5.69 Å². The minimum atomic E-state index is -4.48. The molecule has 4 aromatic rings. The second-order valence-corrected chi connectivity index (χ2v) is 8.55. The number of methoxy groups -OCH3 is 1. The highest BCUT2D eigenvalue weighted by atomic mass is 32.2. The average Bonchev–Trinajstić information content (AvgIpc) is 2.72. The number of fused-ring (bicyclic) bond motifs is 1. The first-order valence-corrected chi connectivity index (χ1v) is 10.8. The van der Waals surface area contributed by atoms with Crippen molar-refractivity contribution < 1.29 is 21.9 Å². The number of hydrogen-bond donors (Lipinski definition) is 3. The Hall–Kier alpha value is -4.13. The molecule has 0 bridgehead atoms. The molecule has 1 aromatic carbocycles. The van der Waals surface area contributed by atoms with Crippen molar-refractivity contribution in [1.29, 1.82) is 0 Å². The summed E-state index contributed by atoms with van der Waals surface area (Å²) in [4.78, 5) is 26.6. The van der Waals surface area contributed by atoms with E-state index in [4.69, 9.17) is 10.5 Å². The highest BCUT2D eigenvalue weighted by Gasteiger charge is 2.22. The summed E-state index contributed by atoms with van der Waals surface area (Å²) in [6.45, 7) is 1.69. The number of benzene rings is 1. The summed E-state index contributed by atoms with van der Waals surface area (Å²) < 4.78 is 59.9. The molecule has 0 aliphatic heterocycles. The van der Waals surface area contributed by atoms with Crippen molar-refractivity contribution in [3.63, 3.8) is 0 Å². The van der Waals surface area contributed by atoms with Crippen molar-refractivity contribution in [1.82, 2.24) is 19.9 Å². The topological polar surface area (TPSA) is 153 Å². The number of rotatable bonds is 5. The Morgan fingerprint density at radius 2 is 1.91 bits per heavy atom. The fourth-order valence-electron chi connectivity index (χ4n) is 3.20. The number of H-pyrrole nitrogens is 1. The lowest BCUT2D eigenvalue weighted by Crippen LogP contribution is -2.16. The summed E-state index contributed by atoms with van der Waals surface area (Å²) in [6.07, 6.45) is 1.30. The molecule has 10 nitrogen and oxygen atoms in total. The number of aryl methyl sites for hydroxylation is 1. The largest absolute Gasteiger partial charge is 0.480 e. The standard InChI is InChI=1S/C20H16F2N6O4S/c1-9-12-7-13(18(29)26-17(12)27-20(23)25-9)10-5-15(19(32-2)24-8-10)28-33(30,31)16-4-3-11(21)6-14(16)22/h3-8,28H,1-2H3,(H3,23,25,26,27,29). The van der Waals surface area contributed by atoms with Gasteiger partial charge in [0.05, 0.1) is 12.8 Å². The SMILES string of the molecule is COc1ncc(-c2cc3c(C)nc(N)nc3[nH]c2=O)cc1NS(=O)(=O)c1ccc(F)cc1F. The van der Waals surface area contributed by atoms with Gasteiger partial charge in [-0.15, -0.1) is 0 Å². The highest BCUT2D eigenvalue weighted by Crippen LogP contribution is 2.30. The summed E-state index contributed by atoms with van der Waals surface area (Å²) in [5.74, 6) is -2.33. The Morgan fingerprint density at radius 3 is 2.61 bits per heavy atom. The van der Waals surface area contributed by atoms with Gasteiger partial charge in [0.15, 0.2) is 0 Å². The number of ether oxygens (including phenoxy) is 1. The molecule has 13 heteroatoms. The van der Waals surface area contributed by atoms with Gasteiger partial charge >= 0.3 is 0 Å². The predicted molar refractivity (Wildman–Crippen MR) is 116 cm³/mol. The van der Waals surface area contributed by atoms with Gasteiger partial charge in [-0.1, -0.05) is 0 Å². The summed E-state index contributed by atoms with van der Waals surface area (Å²) >= 11 is 0.